The number of aliphatic carboxylic acids is 1. The molecule has 40 heavy (non-hydrogen) atoms. The van der Waals surface area contributed by atoms with E-state index < -0.39 is 29.5 Å². The largest absolute Gasteiger partial charge is 0.481 e. The second-order valence-corrected chi connectivity index (χ2v) is 11.2. The second kappa shape index (κ2) is 9.97. The normalized spacial score (nSPS) is 22.5. The van der Waals surface area contributed by atoms with Gasteiger partial charge in [0.05, 0.1) is 5.41 Å². The van der Waals surface area contributed by atoms with Gasteiger partial charge in [-0.2, -0.15) is 0 Å². The summed E-state index contributed by atoms with van der Waals surface area (Å²) in [7, 11) is 0. The van der Waals surface area contributed by atoms with Crippen molar-refractivity contribution in [2.24, 2.45) is 5.41 Å². The first-order valence-corrected chi connectivity index (χ1v) is 13.6. The van der Waals surface area contributed by atoms with E-state index in [2.05, 4.69) is 36.2 Å². The van der Waals surface area contributed by atoms with Crippen LogP contribution in [0.3, 0.4) is 0 Å². The molecular formula is C33H31NO6. The number of hydrogen-bond donors (Lipinski definition) is 2. The van der Waals surface area contributed by atoms with Gasteiger partial charge in [0.2, 0.25) is 0 Å². The fourth-order valence-corrected chi connectivity index (χ4v) is 6.77. The molecule has 0 unspecified atom stereocenters. The van der Waals surface area contributed by atoms with Crippen LogP contribution in [0.2, 0.25) is 0 Å². The van der Waals surface area contributed by atoms with Gasteiger partial charge in [-0.05, 0) is 58.1 Å². The predicted molar refractivity (Wildman–Crippen MR) is 149 cm³/mol. The van der Waals surface area contributed by atoms with Crippen molar-refractivity contribution in [3.05, 3.63) is 108 Å². The third-order valence-corrected chi connectivity index (χ3v) is 8.75. The number of carboxylic acid groups (broad SMARTS) is 1. The summed E-state index contributed by atoms with van der Waals surface area (Å²) in [6.45, 7) is 3.77. The molecule has 3 aromatic rings. The molecule has 1 amide bonds. The highest BCUT2D eigenvalue weighted by molar-refractivity contribution is 5.83. The zero-order valence-electron chi connectivity index (χ0n) is 22.1. The van der Waals surface area contributed by atoms with Crippen LogP contribution in [0.1, 0.15) is 47.4 Å². The summed E-state index contributed by atoms with van der Waals surface area (Å²) in [5, 5.41) is 12.1. The maximum Gasteiger partial charge on any atom is 0.407 e. The lowest BCUT2D eigenvalue weighted by Gasteiger charge is -2.68. The van der Waals surface area contributed by atoms with Crippen LogP contribution in [-0.2, 0) is 30.9 Å². The van der Waals surface area contributed by atoms with Crippen LogP contribution < -0.4 is 5.32 Å². The summed E-state index contributed by atoms with van der Waals surface area (Å²) < 4.78 is 10.9. The first kappa shape index (κ1) is 25.9. The number of benzene rings is 3. The number of nitrogens with one attached hydrogen (secondary N) is 1. The Morgan fingerprint density at radius 2 is 1.52 bits per heavy atom. The minimum atomic E-state index is -0.938. The Morgan fingerprint density at radius 1 is 0.925 bits per heavy atom. The number of carboxylic acids is 1. The summed E-state index contributed by atoms with van der Waals surface area (Å²) in [6.07, 6.45) is 3.04. The van der Waals surface area contributed by atoms with Crippen LogP contribution in [0.15, 0.2) is 85.5 Å². The molecule has 3 aromatic carbocycles. The van der Waals surface area contributed by atoms with Crippen LogP contribution in [0.4, 0.5) is 4.79 Å². The molecule has 7 nitrogen and oxygen atoms in total. The Morgan fingerprint density at radius 3 is 2.10 bits per heavy atom. The van der Waals surface area contributed by atoms with Crippen molar-refractivity contribution < 1.29 is 29.0 Å². The highest BCUT2D eigenvalue weighted by Crippen LogP contribution is 2.73. The van der Waals surface area contributed by atoms with Crippen LogP contribution in [-0.4, -0.2) is 42.4 Å². The quantitative estimate of drug-likeness (QED) is 0.266. The Kier molecular flexibility index (Phi) is 6.45. The van der Waals surface area contributed by atoms with Crippen molar-refractivity contribution in [3.63, 3.8) is 0 Å². The molecule has 4 aliphatic carbocycles. The summed E-state index contributed by atoms with van der Waals surface area (Å²) in [5.41, 5.74) is 5.88. The highest BCUT2D eigenvalue weighted by atomic mass is 16.6. The van der Waals surface area contributed by atoms with Gasteiger partial charge in [0.1, 0.15) is 19.3 Å². The zero-order chi connectivity index (χ0) is 27.9. The first-order chi connectivity index (χ1) is 19.3. The van der Waals surface area contributed by atoms with Gasteiger partial charge in [-0.15, -0.1) is 0 Å². The van der Waals surface area contributed by atoms with Gasteiger partial charge in [0, 0.05) is 12.3 Å². The summed E-state index contributed by atoms with van der Waals surface area (Å²) in [4.78, 5) is 37.2. The van der Waals surface area contributed by atoms with Gasteiger partial charge in [-0.3, -0.25) is 4.79 Å². The molecule has 0 saturated heterocycles. The van der Waals surface area contributed by atoms with E-state index in [0.29, 0.717) is 19.3 Å². The van der Waals surface area contributed by atoms with Gasteiger partial charge in [0.25, 0.3) is 0 Å². The fourth-order valence-electron chi connectivity index (χ4n) is 6.77. The van der Waals surface area contributed by atoms with E-state index in [1.807, 2.05) is 48.5 Å². The Labute approximate surface area is 232 Å². The number of alkyl carbamates (subject to hydrolysis) is 1. The lowest BCUT2D eigenvalue weighted by atomic mass is 9.33. The fraction of sp³-hybridized carbons (Fsp3) is 0.303. The van der Waals surface area contributed by atoms with Gasteiger partial charge in [-0.1, -0.05) is 85.5 Å². The topological polar surface area (TPSA) is 102 Å². The van der Waals surface area contributed by atoms with Gasteiger partial charge in [-0.25, -0.2) is 9.59 Å². The van der Waals surface area contributed by atoms with Crippen LogP contribution >= 0.6 is 0 Å². The van der Waals surface area contributed by atoms with Crippen LogP contribution in [0.25, 0.3) is 11.1 Å². The van der Waals surface area contributed by atoms with Crippen molar-refractivity contribution in [2.45, 2.75) is 43.1 Å². The Bertz CT molecular complexity index is 1430. The van der Waals surface area contributed by atoms with Crippen LogP contribution in [0.5, 0.6) is 0 Å². The van der Waals surface area contributed by atoms with Crippen LogP contribution in [0, 0.1) is 5.41 Å². The molecule has 2 N–H and O–H groups in total. The van der Waals surface area contributed by atoms with E-state index in [9.17, 15) is 19.5 Å². The molecule has 1 atom stereocenters. The molecule has 7 rings (SSSR count). The number of esters is 1. The number of carbonyl (C=O) groups excluding carboxylic acids is 2. The minimum absolute atomic E-state index is 0.0362. The first-order valence-electron chi connectivity index (χ1n) is 13.6. The number of ether oxygens (including phenoxy) is 2. The molecule has 7 heteroatoms. The van der Waals surface area contributed by atoms with Crippen molar-refractivity contribution in [3.8, 4) is 11.1 Å². The van der Waals surface area contributed by atoms with E-state index in [-0.39, 0.29) is 31.0 Å². The van der Waals surface area contributed by atoms with Crippen molar-refractivity contribution in [2.75, 3.05) is 13.2 Å². The van der Waals surface area contributed by atoms with E-state index in [1.54, 1.807) is 0 Å². The Hall–Kier alpha value is -4.39. The Balaban J connectivity index is 1.11. The van der Waals surface area contributed by atoms with Crippen molar-refractivity contribution >= 4 is 18.0 Å². The molecular weight excluding hydrogens is 506 g/mol. The number of amides is 1. The van der Waals surface area contributed by atoms with Gasteiger partial charge in [0.15, 0.2) is 0 Å². The van der Waals surface area contributed by atoms with Crippen molar-refractivity contribution in [1.82, 2.24) is 5.32 Å². The number of carbonyl (C=O) groups is 3. The molecule has 2 bridgehead atoms. The highest BCUT2D eigenvalue weighted by Gasteiger charge is 2.72. The van der Waals surface area contributed by atoms with E-state index >= 15 is 0 Å². The number of rotatable bonds is 10. The van der Waals surface area contributed by atoms with Gasteiger partial charge < -0.3 is 19.9 Å². The molecule has 3 fully saturated rings. The minimum Gasteiger partial charge on any atom is -0.481 e. The molecule has 0 aromatic heterocycles. The molecule has 0 aliphatic heterocycles. The van der Waals surface area contributed by atoms with E-state index in [0.717, 1.165) is 33.4 Å². The average Bonchev–Trinajstić information content (AvgIpc) is 3.23. The van der Waals surface area contributed by atoms with E-state index in [1.165, 1.54) is 6.08 Å². The molecule has 204 valence electrons. The zero-order valence-corrected chi connectivity index (χ0v) is 22.1. The second-order valence-electron chi connectivity index (χ2n) is 11.2. The molecule has 0 spiro atoms. The van der Waals surface area contributed by atoms with Crippen molar-refractivity contribution in [1.29, 1.82) is 0 Å². The van der Waals surface area contributed by atoms with E-state index in [4.69, 9.17) is 9.47 Å². The molecule has 3 saturated carbocycles. The third-order valence-electron chi connectivity index (χ3n) is 8.75. The standard InChI is InChI=1S/C33H31NO6/c1-2-15-39-29(35)28(16-21-11-13-22(14-12-21)32-18-33(19-32,20-32)30(36)37)34-31(38)40-17-27-25-9-5-3-7-23(25)24-8-4-6-10-26(24)27/h2-14,27-28H,1,15-20H2,(H,34,38)(H,36,37)/t28-,32?,33?/m0/s1. The SMILES string of the molecule is C=CCOC(=O)[C@H](Cc1ccc(C23CC(C(=O)O)(C2)C3)cc1)NC(=O)OCC1c2ccccc2-c2ccccc21. The third kappa shape index (κ3) is 4.35. The maximum absolute atomic E-state index is 12.9. The lowest BCUT2D eigenvalue weighted by Crippen LogP contribution is -2.67. The molecule has 0 heterocycles. The molecule has 0 radical (unpaired) electrons. The summed E-state index contributed by atoms with van der Waals surface area (Å²) >= 11 is 0. The maximum atomic E-state index is 12.9. The smallest absolute Gasteiger partial charge is 0.407 e. The number of fused-ring (bicyclic) bond motifs is 3. The van der Waals surface area contributed by atoms with Gasteiger partial charge >= 0.3 is 18.0 Å². The predicted octanol–water partition coefficient (Wildman–Crippen LogP) is 5.37. The summed E-state index contributed by atoms with van der Waals surface area (Å²) in [5.74, 6) is -1.36. The monoisotopic (exact) mass is 537 g/mol. The number of hydrogen-bond acceptors (Lipinski definition) is 5. The molecule has 4 aliphatic rings. The lowest BCUT2D eigenvalue weighted by molar-refractivity contribution is -0.194. The average molecular weight is 538 g/mol. The summed E-state index contributed by atoms with van der Waals surface area (Å²) in [6, 6.07) is 23.1.